The van der Waals surface area contributed by atoms with Gasteiger partial charge in [-0.2, -0.15) is 5.10 Å². The minimum absolute atomic E-state index is 0. The van der Waals surface area contributed by atoms with Crippen LogP contribution in [0.2, 0.25) is 0 Å². The SMILES string of the molecule is CCc1cc(C(=O)NCC(N)(CC)CC)n[nH]1.Cl. The summed E-state index contributed by atoms with van der Waals surface area (Å²) >= 11 is 0. The van der Waals surface area contributed by atoms with E-state index in [0.717, 1.165) is 25.0 Å². The van der Waals surface area contributed by atoms with Crippen LogP contribution in [0, 0.1) is 0 Å². The van der Waals surface area contributed by atoms with Gasteiger partial charge >= 0.3 is 0 Å². The number of nitrogens with zero attached hydrogens (tertiary/aromatic N) is 1. The highest BCUT2D eigenvalue weighted by molar-refractivity contribution is 5.92. The van der Waals surface area contributed by atoms with Crippen LogP contribution in [0.4, 0.5) is 0 Å². The maximum Gasteiger partial charge on any atom is 0.271 e. The number of carbonyl (C=O) groups is 1. The van der Waals surface area contributed by atoms with Gasteiger partial charge in [-0.1, -0.05) is 20.8 Å². The van der Waals surface area contributed by atoms with Crippen LogP contribution >= 0.6 is 12.4 Å². The summed E-state index contributed by atoms with van der Waals surface area (Å²) in [6.07, 6.45) is 2.51. The molecule has 0 spiro atoms. The molecule has 0 saturated heterocycles. The van der Waals surface area contributed by atoms with Crippen molar-refractivity contribution in [3.63, 3.8) is 0 Å². The summed E-state index contributed by atoms with van der Waals surface area (Å²) in [5.74, 6) is -0.169. The maximum absolute atomic E-state index is 11.8. The van der Waals surface area contributed by atoms with E-state index in [1.807, 2.05) is 20.8 Å². The van der Waals surface area contributed by atoms with Gasteiger partial charge in [-0.3, -0.25) is 9.89 Å². The van der Waals surface area contributed by atoms with E-state index in [4.69, 9.17) is 5.73 Å². The highest BCUT2D eigenvalue weighted by atomic mass is 35.5. The van der Waals surface area contributed by atoms with Crippen molar-refractivity contribution in [1.82, 2.24) is 15.5 Å². The standard InChI is InChI=1S/C12H22N4O.ClH/c1-4-9-7-10(16-15-9)11(17)14-8-12(13,5-2)6-3;/h7H,4-6,8,13H2,1-3H3,(H,14,17)(H,15,16);1H. The number of aromatic amines is 1. The van der Waals surface area contributed by atoms with Crippen LogP contribution in [-0.2, 0) is 6.42 Å². The molecule has 0 fully saturated rings. The maximum atomic E-state index is 11.8. The molecule has 1 amide bonds. The average Bonchev–Trinajstić information content (AvgIpc) is 2.84. The monoisotopic (exact) mass is 274 g/mol. The molecule has 0 aliphatic heterocycles. The fourth-order valence-corrected chi connectivity index (χ4v) is 1.51. The number of nitrogens with two attached hydrogens (primary N) is 1. The molecule has 0 saturated carbocycles. The minimum Gasteiger partial charge on any atom is -0.349 e. The fourth-order valence-electron chi connectivity index (χ4n) is 1.51. The smallest absolute Gasteiger partial charge is 0.271 e. The molecule has 5 nitrogen and oxygen atoms in total. The lowest BCUT2D eigenvalue weighted by Gasteiger charge is -2.26. The van der Waals surface area contributed by atoms with Gasteiger partial charge < -0.3 is 11.1 Å². The molecular weight excluding hydrogens is 252 g/mol. The summed E-state index contributed by atoms with van der Waals surface area (Å²) in [6, 6.07) is 1.77. The minimum atomic E-state index is -0.320. The first kappa shape index (κ1) is 16.9. The first-order valence-corrected chi connectivity index (χ1v) is 6.16. The number of nitrogens with one attached hydrogen (secondary N) is 2. The number of halogens is 1. The van der Waals surface area contributed by atoms with Crippen molar-refractivity contribution in [1.29, 1.82) is 0 Å². The fraction of sp³-hybridized carbons (Fsp3) is 0.667. The molecular formula is C12H23ClN4O. The summed E-state index contributed by atoms with van der Waals surface area (Å²) < 4.78 is 0. The molecule has 104 valence electrons. The predicted octanol–water partition coefficient (Wildman–Crippen LogP) is 1.64. The molecule has 0 aliphatic rings. The number of hydrogen-bond acceptors (Lipinski definition) is 3. The zero-order chi connectivity index (χ0) is 12.9. The van der Waals surface area contributed by atoms with Gasteiger partial charge in [-0.25, -0.2) is 0 Å². The third-order valence-corrected chi connectivity index (χ3v) is 3.25. The van der Waals surface area contributed by atoms with Crippen LogP contribution in [0.5, 0.6) is 0 Å². The highest BCUT2D eigenvalue weighted by Crippen LogP contribution is 2.09. The lowest BCUT2D eigenvalue weighted by Crippen LogP contribution is -2.49. The Hall–Kier alpha value is -1.07. The molecule has 18 heavy (non-hydrogen) atoms. The number of rotatable bonds is 6. The van der Waals surface area contributed by atoms with E-state index in [9.17, 15) is 4.79 Å². The summed E-state index contributed by atoms with van der Waals surface area (Å²) in [4.78, 5) is 11.8. The van der Waals surface area contributed by atoms with E-state index >= 15 is 0 Å². The van der Waals surface area contributed by atoms with Crippen LogP contribution in [0.1, 0.15) is 49.8 Å². The Morgan fingerprint density at radius 3 is 2.50 bits per heavy atom. The Morgan fingerprint density at radius 1 is 1.44 bits per heavy atom. The Morgan fingerprint density at radius 2 is 2.06 bits per heavy atom. The summed E-state index contributed by atoms with van der Waals surface area (Å²) in [5, 5.41) is 9.61. The molecule has 0 aromatic carbocycles. The number of aryl methyl sites for hydroxylation is 1. The predicted molar refractivity (Wildman–Crippen MR) is 75.0 cm³/mol. The van der Waals surface area contributed by atoms with Crippen molar-refractivity contribution < 1.29 is 4.79 Å². The van der Waals surface area contributed by atoms with Gasteiger partial charge in [0.2, 0.25) is 0 Å². The highest BCUT2D eigenvalue weighted by Gasteiger charge is 2.21. The second-order valence-electron chi connectivity index (χ2n) is 4.38. The molecule has 0 unspecified atom stereocenters. The van der Waals surface area contributed by atoms with Gasteiger partial charge in [0, 0.05) is 17.8 Å². The number of hydrogen-bond donors (Lipinski definition) is 3. The zero-order valence-electron chi connectivity index (χ0n) is 11.2. The first-order chi connectivity index (χ1) is 8.04. The van der Waals surface area contributed by atoms with Gasteiger partial charge in [0.05, 0.1) is 0 Å². The lowest BCUT2D eigenvalue weighted by atomic mass is 9.94. The number of aromatic nitrogens is 2. The molecule has 1 aromatic rings. The van der Waals surface area contributed by atoms with E-state index in [-0.39, 0.29) is 23.9 Å². The van der Waals surface area contributed by atoms with Crippen LogP contribution in [0.15, 0.2) is 6.07 Å². The zero-order valence-corrected chi connectivity index (χ0v) is 12.1. The number of carbonyl (C=O) groups excluding carboxylic acids is 1. The largest absolute Gasteiger partial charge is 0.349 e. The molecule has 6 heteroatoms. The second kappa shape index (κ2) is 7.38. The van der Waals surface area contributed by atoms with E-state index in [0.29, 0.717) is 12.2 Å². The average molecular weight is 275 g/mol. The normalized spacial score (nSPS) is 10.9. The van der Waals surface area contributed by atoms with Crippen molar-refractivity contribution in [2.24, 2.45) is 5.73 Å². The second-order valence-corrected chi connectivity index (χ2v) is 4.38. The van der Waals surface area contributed by atoms with E-state index < -0.39 is 0 Å². The summed E-state index contributed by atoms with van der Waals surface area (Å²) in [5.41, 5.74) is 7.18. The lowest BCUT2D eigenvalue weighted by molar-refractivity contribution is 0.0937. The van der Waals surface area contributed by atoms with Crippen LogP contribution in [-0.4, -0.2) is 28.2 Å². The molecule has 1 aromatic heterocycles. The Balaban J connectivity index is 0.00000289. The topological polar surface area (TPSA) is 83.8 Å². The van der Waals surface area contributed by atoms with Gasteiger partial charge in [0.25, 0.3) is 5.91 Å². The molecule has 4 N–H and O–H groups in total. The van der Waals surface area contributed by atoms with Crippen molar-refractivity contribution in [3.05, 3.63) is 17.5 Å². The van der Waals surface area contributed by atoms with Crippen LogP contribution in [0.25, 0.3) is 0 Å². The summed E-state index contributed by atoms with van der Waals surface area (Å²) in [6.45, 7) is 6.54. The first-order valence-electron chi connectivity index (χ1n) is 6.16. The van der Waals surface area contributed by atoms with Gasteiger partial charge in [-0.15, -0.1) is 12.4 Å². The van der Waals surface area contributed by atoms with Gasteiger partial charge in [-0.05, 0) is 25.3 Å². The molecule has 0 atom stereocenters. The number of amides is 1. The molecule has 1 rings (SSSR count). The quantitative estimate of drug-likeness (QED) is 0.737. The van der Waals surface area contributed by atoms with Crippen molar-refractivity contribution in [2.75, 3.05) is 6.54 Å². The van der Waals surface area contributed by atoms with E-state index in [1.54, 1.807) is 6.07 Å². The molecule has 1 heterocycles. The van der Waals surface area contributed by atoms with Crippen molar-refractivity contribution >= 4 is 18.3 Å². The third kappa shape index (κ3) is 4.31. The Bertz CT molecular complexity index is 374. The van der Waals surface area contributed by atoms with Crippen molar-refractivity contribution in [3.8, 4) is 0 Å². The Labute approximate surface area is 114 Å². The van der Waals surface area contributed by atoms with Crippen LogP contribution < -0.4 is 11.1 Å². The van der Waals surface area contributed by atoms with Gasteiger partial charge in [0.1, 0.15) is 5.69 Å². The van der Waals surface area contributed by atoms with E-state index in [1.165, 1.54) is 0 Å². The Kier molecular flexibility index (Phi) is 6.94. The molecule has 0 aliphatic carbocycles. The number of H-pyrrole nitrogens is 1. The van der Waals surface area contributed by atoms with Crippen molar-refractivity contribution in [2.45, 2.75) is 45.6 Å². The molecule has 0 radical (unpaired) electrons. The van der Waals surface area contributed by atoms with E-state index in [2.05, 4.69) is 15.5 Å². The van der Waals surface area contributed by atoms with Crippen LogP contribution in [0.3, 0.4) is 0 Å². The summed E-state index contributed by atoms with van der Waals surface area (Å²) in [7, 11) is 0. The van der Waals surface area contributed by atoms with Gasteiger partial charge in [0.15, 0.2) is 0 Å². The molecule has 0 bridgehead atoms. The third-order valence-electron chi connectivity index (χ3n) is 3.25.